The summed E-state index contributed by atoms with van der Waals surface area (Å²) in [6.07, 6.45) is 2.81. The van der Waals surface area contributed by atoms with E-state index in [9.17, 15) is 9.59 Å². The maximum Gasteiger partial charge on any atom is 0.317 e. The Morgan fingerprint density at radius 3 is 2.59 bits per heavy atom. The van der Waals surface area contributed by atoms with E-state index in [-0.39, 0.29) is 24.5 Å². The quantitative estimate of drug-likeness (QED) is 0.766. The molecule has 1 fully saturated rings. The molecule has 6 heteroatoms. The molecule has 2 N–H and O–H groups in total. The number of carboxylic acid groups (broad SMARTS) is 1. The summed E-state index contributed by atoms with van der Waals surface area (Å²) in [6, 6.07) is 7.99. The molecular weight excluding hydrogens is 342 g/mol. The lowest BCUT2D eigenvalue weighted by molar-refractivity contribution is -0.138. The van der Waals surface area contributed by atoms with E-state index >= 15 is 0 Å². The first-order valence-corrected chi connectivity index (χ1v) is 9.85. The average molecular weight is 376 g/mol. The van der Waals surface area contributed by atoms with E-state index in [1.165, 1.54) is 0 Å². The molecule has 1 aromatic rings. The highest BCUT2D eigenvalue weighted by Gasteiger charge is 2.27. The summed E-state index contributed by atoms with van der Waals surface area (Å²) in [4.78, 5) is 27.9. The van der Waals surface area contributed by atoms with Gasteiger partial charge in [-0.05, 0) is 57.3 Å². The number of benzene rings is 1. The Morgan fingerprint density at radius 2 is 1.93 bits per heavy atom. The van der Waals surface area contributed by atoms with Gasteiger partial charge in [0.25, 0.3) is 0 Å². The number of carbonyl (C=O) groups is 2. The molecule has 150 valence electrons. The maximum absolute atomic E-state index is 12.8. The molecule has 1 heterocycles. The molecule has 0 aromatic heterocycles. The zero-order valence-corrected chi connectivity index (χ0v) is 16.9. The van der Waals surface area contributed by atoms with Gasteiger partial charge in [-0.25, -0.2) is 0 Å². The van der Waals surface area contributed by atoms with Crippen molar-refractivity contribution in [2.24, 2.45) is 0 Å². The van der Waals surface area contributed by atoms with E-state index in [1.807, 2.05) is 37.1 Å². The molecule has 2 rings (SSSR count). The molecule has 2 unspecified atom stereocenters. The van der Waals surface area contributed by atoms with Gasteiger partial charge in [-0.2, -0.15) is 0 Å². The van der Waals surface area contributed by atoms with Gasteiger partial charge in [0.15, 0.2) is 0 Å². The fourth-order valence-corrected chi connectivity index (χ4v) is 3.79. The number of aliphatic carboxylic acids is 1. The van der Waals surface area contributed by atoms with E-state index in [1.54, 1.807) is 0 Å². The van der Waals surface area contributed by atoms with Crippen LogP contribution < -0.4 is 5.32 Å². The molecule has 1 aliphatic heterocycles. The van der Waals surface area contributed by atoms with E-state index in [0.717, 1.165) is 43.6 Å². The standard InChI is InChI=1S/C21H33N3O3/c1-15(2)18-9-5-6-10-19(18)22-21(27)16(3)24-12-7-8-17(11-13-24)23(4)14-20(25)26/h5-6,9-10,15-17H,7-8,11-14H2,1-4H3,(H,22,27)(H,25,26). The lowest BCUT2D eigenvalue weighted by atomic mass is 10.0. The van der Waals surface area contributed by atoms with Gasteiger partial charge in [-0.15, -0.1) is 0 Å². The van der Waals surface area contributed by atoms with Crippen molar-refractivity contribution in [2.45, 2.75) is 58.0 Å². The number of nitrogens with zero attached hydrogens (tertiary/aromatic N) is 2. The summed E-state index contributed by atoms with van der Waals surface area (Å²) >= 11 is 0. The van der Waals surface area contributed by atoms with E-state index < -0.39 is 5.97 Å². The predicted molar refractivity (Wildman–Crippen MR) is 108 cm³/mol. The Kier molecular flexibility index (Phi) is 7.80. The summed E-state index contributed by atoms with van der Waals surface area (Å²) in [6.45, 7) is 7.92. The minimum Gasteiger partial charge on any atom is -0.480 e. The zero-order chi connectivity index (χ0) is 20.0. The lowest BCUT2D eigenvalue weighted by Gasteiger charge is -2.28. The molecule has 2 atom stereocenters. The van der Waals surface area contributed by atoms with Gasteiger partial charge in [-0.1, -0.05) is 32.0 Å². The number of nitrogens with one attached hydrogen (secondary N) is 1. The second kappa shape index (κ2) is 9.85. The van der Waals surface area contributed by atoms with E-state index in [2.05, 4.69) is 30.1 Å². The van der Waals surface area contributed by atoms with E-state index in [0.29, 0.717) is 5.92 Å². The lowest BCUT2D eigenvalue weighted by Crippen LogP contribution is -2.43. The van der Waals surface area contributed by atoms with Crippen LogP contribution in [0.15, 0.2) is 24.3 Å². The Balaban J connectivity index is 1.96. The summed E-state index contributed by atoms with van der Waals surface area (Å²) in [5.41, 5.74) is 2.03. The van der Waals surface area contributed by atoms with Crippen molar-refractivity contribution in [2.75, 3.05) is 32.0 Å². The van der Waals surface area contributed by atoms with Crippen LogP contribution >= 0.6 is 0 Å². The highest BCUT2D eigenvalue weighted by Crippen LogP contribution is 2.24. The van der Waals surface area contributed by atoms with Crippen molar-refractivity contribution in [3.05, 3.63) is 29.8 Å². The number of hydrogen-bond donors (Lipinski definition) is 2. The highest BCUT2D eigenvalue weighted by atomic mass is 16.4. The van der Waals surface area contributed by atoms with Gasteiger partial charge in [0, 0.05) is 18.3 Å². The third-order valence-corrected chi connectivity index (χ3v) is 5.51. The number of amides is 1. The first-order chi connectivity index (χ1) is 12.8. The molecular formula is C21H33N3O3. The van der Waals surface area contributed by atoms with Crippen LogP contribution in [0.2, 0.25) is 0 Å². The second-order valence-corrected chi connectivity index (χ2v) is 7.84. The molecule has 0 saturated carbocycles. The van der Waals surface area contributed by atoms with Gasteiger partial charge in [-0.3, -0.25) is 19.4 Å². The summed E-state index contributed by atoms with van der Waals surface area (Å²) in [7, 11) is 1.87. The van der Waals surface area contributed by atoms with Crippen molar-refractivity contribution >= 4 is 17.6 Å². The van der Waals surface area contributed by atoms with Gasteiger partial charge in [0.05, 0.1) is 12.6 Å². The average Bonchev–Trinajstić information content (AvgIpc) is 2.87. The number of likely N-dealkylation sites (N-methyl/N-ethyl adjacent to an activating group) is 1. The van der Waals surface area contributed by atoms with Crippen LogP contribution in [0.25, 0.3) is 0 Å². The predicted octanol–water partition coefficient (Wildman–Crippen LogP) is 3.01. The third-order valence-electron chi connectivity index (χ3n) is 5.51. The monoisotopic (exact) mass is 375 g/mol. The van der Waals surface area contributed by atoms with Gasteiger partial charge in [0.1, 0.15) is 0 Å². The van der Waals surface area contributed by atoms with Crippen molar-refractivity contribution < 1.29 is 14.7 Å². The first-order valence-electron chi connectivity index (χ1n) is 9.85. The Morgan fingerprint density at radius 1 is 1.22 bits per heavy atom. The number of anilines is 1. The van der Waals surface area contributed by atoms with Gasteiger partial charge >= 0.3 is 5.97 Å². The number of hydrogen-bond acceptors (Lipinski definition) is 4. The smallest absolute Gasteiger partial charge is 0.317 e. The molecule has 1 saturated heterocycles. The SMILES string of the molecule is CC(C)c1ccccc1NC(=O)C(C)N1CCCC(N(C)CC(=O)O)CC1. The van der Waals surface area contributed by atoms with Gasteiger partial charge < -0.3 is 10.4 Å². The van der Waals surface area contributed by atoms with Crippen molar-refractivity contribution in [3.63, 3.8) is 0 Å². The number of carboxylic acids is 1. The molecule has 1 amide bonds. The van der Waals surface area contributed by atoms with Crippen LogP contribution in [0.5, 0.6) is 0 Å². The molecule has 27 heavy (non-hydrogen) atoms. The molecule has 0 spiro atoms. The minimum absolute atomic E-state index is 0.0143. The fraction of sp³-hybridized carbons (Fsp3) is 0.619. The normalized spacial score (nSPS) is 19.7. The molecule has 1 aliphatic rings. The fourth-order valence-electron chi connectivity index (χ4n) is 3.79. The Hall–Kier alpha value is -1.92. The molecule has 0 radical (unpaired) electrons. The minimum atomic E-state index is -0.796. The van der Waals surface area contributed by atoms with Gasteiger partial charge in [0.2, 0.25) is 5.91 Å². The Bertz CT molecular complexity index is 647. The van der Waals surface area contributed by atoms with Crippen LogP contribution in [0.1, 0.15) is 51.5 Å². The molecule has 0 bridgehead atoms. The topological polar surface area (TPSA) is 72.9 Å². The summed E-state index contributed by atoms with van der Waals surface area (Å²) < 4.78 is 0. The van der Waals surface area contributed by atoms with Crippen molar-refractivity contribution in [3.8, 4) is 0 Å². The van der Waals surface area contributed by atoms with Crippen LogP contribution in [0, 0.1) is 0 Å². The first kappa shape index (κ1) is 21.4. The number of carbonyl (C=O) groups excluding carboxylic acids is 1. The van der Waals surface area contributed by atoms with E-state index in [4.69, 9.17) is 5.11 Å². The second-order valence-electron chi connectivity index (χ2n) is 7.84. The molecule has 6 nitrogen and oxygen atoms in total. The highest BCUT2D eigenvalue weighted by molar-refractivity contribution is 5.95. The molecule has 0 aliphatic carbocycles. The van der Waals surface area contributed by atoms with Crippen LogP contribution in [0.3, 0.4) is 0 Å². The largest absolute Gasteiger partial charge is 0.480 e. The van der Waals surface area contributed by atoms with Crippen LogP contribution in [-0.2, 0) is 9.59 Å². The number of rotatable bonds is 7. The maximum atomic E-state index is 12.8. The summed E-state index contributed by atoms with van der Waals surface area (Å²) in [5.74, 6) is -0.434. The zero-order valence-electron chi connectivity index (χ0n) is 16.9. The Labute approximate surface area is 162 Å². The van der Waals surface area contributed by atoms with Crippen molar-refractivity contribution in [1.82, 2.24) is 9.80 Å². The summed E-state index contributed by atoms with van der Waals surface area (Å²) in [5, 5.41) is 12.1. The number of para-hydroxylation sites is 1. The van der Waals surface area contributed by atoms with Crippen LogP contribution in [-0.4, -0.2) is 65.5 Å². The van der Waals surface area contributed by atoms with Crippen LogP contribution in [0.4, 0.5) is 5.69 Å². The third kappa shape index (κ3) is 6.04. The number of likely N-dealkylation sites (tertiary alicyclic amines) is 1. The molecule has 1 aromatic carbocycles. The van der Waals surface area contributed by atoms with Crippen molar-refractivity contribution in [1.29, 1.82) is 0 Å².